The average Bonchev–Trinajstić information content (AvgIpc) is 3.13. The topological polar surface area (TPSA) is 27.7 Å². The normalized spacial score (nSPS) is 15.1. The largest absolute Gasteiger partial charge is 0.573 e. The third-order valence-corrected chi connectivity index (χ3v) is 6.54. The Hall–Kier alpha value is -3.19. The van der Waals surface area contributed by atoms with Gasteiger partial charge in [-0.2, -0.15) is 0 Å². The molecule has 1 aliphatic heterocycles. The van der Waals surface area contributed by atoms with Gasteiger partial charge < -0.3 is 19.9 Å². The minimum atomic E-state index is -4.78. The van der Waals surface area contributed by atoms with Crippen molar-refractivity contribution < 1.29 is 17.9 Å². The van der Waals surface area contributed by atoms with Crippen LogP contribution in [0.2, 0.25) is 0 Å². The molecule has 0 aromatic heterocycles. The molecular formula is C29H34F3N3O. The average molecular weight is 498 g/mol. The van der Waals surface area contributed by atoms with Crippen LogP contribution in [0, 0.1) is 0 Å². The number of halogens is 3. The van der Waals surface area contributed by atoms with Gasteiger partial charge in [-0.3, -0.25) is 0 Å². The Morgan fingerprint density at radius 3 is 2.14 bits per heavy atom. The van der Waals surface area contributed by atoms with Crippen molar-refractivity contribution in [2.45, 2.75) is 38.6 Å². The van der Waals surface area contributed by atoms with E-state index in [9.17, 15) is 13.2 Å². The van der Waals surface area contributed by atoms with E-state index in [2.05, 4.69) is 26.8 Å². The fraction of sp³-hybridized carbons (Fsp3) is 0.379. The van der Waals surface area contributed by atoms with E-state index in [1.807, 2.05) is 60.7 Å². The molecule has 3 aromatic rings. The van der Waals surface area contributed by atoms with Crippen LogP contribution in [0.1, 0.15) is 43.4 Å². The van der Waals surface area contributed by atoms with Crippen LogP contribution >= 0.6 is 0 Å². The van der Waals surface area contributed by atoms with Crippen LogP contribution in [0.4, 0.5) is 24.5 Å². The molecule has 36 heavy (non-hydrogen) atoms. The number of rotatable bonds is 9. The first kappa shape index (κ1) is 25.9. The lowest BCUT2D eigenvalue weighted by Crippen LogP contribution is -2.31. The summed E-state index contributed by atoms with van der Waals surface area (Å²) in [6.45, 7) is 6.97. The highest BCUT2D eigenvalue weighted by molar-refractivity contribution is 5.67. The van der Waals surface area contributed by atoms with Gasteiger partial charge in [0.05, 0.1) is 11.7 Å². The zero-order valence-electron chi connectivity index (χ0n) is 20.7. The summed E-state index contributed by atoms with van der Waals surface area (Å²) in [5.41, 5.74) is 3.11. The molecule has 1 aliphatic rings. The first-order valence-electron chi connectivity index (χ1n) is 12.7. The number of hydrogen-bond donors (Lipinski definition) is 1. The molecule has 4 nitrogen and oxygen atoms in total. The van der Waals surface area contributed by atoms with Crippen molar-refractivity contribution in [1.29, 1.82) is 0 Å². The van der Waals surface area contributed by atoms with Crippen LogP contribution < -0.4 is 15.0 Å². The summed E-state index contributed by atoms with van der Waals surface area (Å²) in [6.07, 6.45) is -1.42. The molecule has 1 saturated heterocycles. The van der Waals surface area contributed by atoms with E-state index in [1.165, 1.54) is 18.9 Å². The molecule has 0 unspecified atom stereocenters. The molecule has 0 spiro atoms. The summed E-state index contributed by atoms with van der Waals surface area (Å²) in [5.74, 6) is -0.234. The molecule has 192 valence electrons. The van der Waals surface area contributed by atoms with Gasteiger partial charge in [-0.15, -0.1) is 13.2 Å². The van der Waals surface area contributed by atoms with Crippen molar-refractivity contribution in [2.24, 2.45) is 0 Å². The molecule has 1 fully saturated rings. The van der Waals surface area contributed by atoms with Crippen molar-refractivity contribution in [1.82, 2.24) is 4.90 Å². The molecule has 4 rings (SSSR count). The predicted octanol–water partition coefficient (Wildman–Crippen LogP) is 7.10. The first-order valence-corrected chi connectivity index (χ1v) is 12.7. The summed E-state index contributed by atoms with van der Waals surface area (Å²) in [7, 11) is 0. The summed E-state index contributed by atoms with van der Waals surface area (Å²) >= 11 is 0. The summed E-state index contributed by atoms with van der Waals surface area (Å²) in [5, 5.41) is 3.37. The molecule has 1 N–H and O–H groups in total. The molecule has 0 atom stereocenters. The van der Waals surface area contributed by atoms with Crippen molar-refractivity contribution >= 4 is 11.4 Å². The molecule has 7 heteroatoms. The molecule has 3 aromatic carbocycles. The summed E-state index contributed by atoms with van der Waals surface area (Å²) < 4.78 is 44.3. The Balaban J connectivity index is 1.65. The van der Waals surface area contributed by atoms with Gasteiger partial charge in [0.15, 0.2) is 5.75 Å². The molecule has 1 heterocycles. The van der Waals surface area contributed by atoms with Gasteiger partial charge in [0.2, 0.25) is 0 Å². The molecule has 0 amide bonds. The van der Waals surface area contributed by atoms with Gasteiger partial charge in [0.1, 0.15) is 0 Å². The second-order valence-corrected chi connectivity index (χ2v) is 9.16. The van der Waals surface area contributed by atoms with E-state index in [1.54, 1.807) is 12.1 Å². The zero-order chi connectivity index (χ0) is 25.4. The lowest BCUT2D eigenvalue weighted by Gasteiger charge is -2.27. The van der Waals surface area contributed by atoms with Gasteiger partial charge in [-0.05, 0) is 55.3 Å². The smallest absolute Gasteiger partial charge is 0.404 e. The standard InChI is InChI=1S/C29H34F3N3O/c1-2-3-17-34-18-10-19-35(21-20-34)25-15-16-27(36-29(30,31)32)26(22-25)33-28(23-11-6-4-7-12-23)24-13-8-5-9-14-24/h4-9,11-16,22,28,33H,2-3,10,17-21H2,1H3. The van der Waals surface area contributed by atoms with Gasteiger partial charge in [-0.25, -0.2) is 0 Å². The van der Waals surface area contributed by atoms with Gasteiger partial charge in [0.25, 0.3) is 0 Å². The predicted molar refractivity (Wildman–Crippen MR) is 140 cm³/mol. The fourth-order valence-corrected chi connectivity index (χ4v) is 4.68. The molecule has 0 saturated carbocycles. The van der Waals surface area contributed by atoms with Gasteiger partial charge in [-0.1, -0.05) is 74.0 Å². The minimum absolute atomic E-state index is 0.234. The maximum Gasteiger partial charge on any atom is 0.573 e. The van der Waals surface area contributed by atoms with Crippen LogP contribution in [0.25, 0.3) is 0 Å². The third-order valence-electron chi connectivity index (χ3n) is 6.54. The quantitative estimate of drug-likeness (QED) is 0.341. The zero-order valence-corrected chi connectivity index (χ0v) is 20.7. The number of benzene rings is 3. The Labute approximate surface area is 211 Å². The summed E-state index contributed by atoms with van der Waals surface area (Å²) in [4.78, 5) is 4.74. The summed E-state index contributed by atoms with van der Waals surface area (Å²) in [6, 6.07) is 24.1. The Kier molecular flexibility index (Phi) is 8.75. The van der Waals surface area contributed by atoms with Crippen molar-refractivity contribution in [3.05, 3.63) is 90.0 Å². The van der Waals surface area contributed by atoms with E-state index in [0.717, 1.165) is 56.0 Å². The minimum Gasteiger partial charge on any atom is -0.404 e. The van der Waals surface area contributed by atoms with Crippen LogP contribution in [0.15, 0.2) is 78.9 Å². The highest BCUT2D eigenvalue weighted by atomic mass is 19.4. The lowest BCUT2D eigenvalue weighted by atomic mass is 9.98. The second-order valence-electron chi connectivity index (χ2n) is 9.16. The Morgan fingerprint density at radius 2 is 1.53 bits per heavy atom. The van der Waals surface area contributed by atoms with Crippen LogP contribution in [-0.2, 0) is 0 Å². The van der Waals surface area contributed by atoms with Crippen LogP contribution in [0.5, 0.6) is 5.75 Å². The first-order chi connectivity index (χ1) is 17.4. The number of anilines is 2. The van der Waals surface area contributed by atoms with Crippen LogP contribution in [-0.4, -0.2) is 44.0 Å². The third kappa shape index (κ3) is 7.17. The maximum absolute atomic E-state index is 13.3. The van der Waals surface area contributed by atoms with E-state index >= 15 is 0 Å². The number of nitrogens with one attached hydrogen (secondary N) is 1. The van der Waals surface area contributed by atoms with E-state index < -0.39 is 6.36 Å². The lowest BCUT2D eigenvalue weighted by molar-refractivity contribution is -0.274. The van der Waals surface area contributed by atoms with Crippen molar-refractivity contribution in [3.8, 4) is 5.75 Å². The highest BCUT2D eigenvalue weighted by Gasteiger charge is 2.33. The molecule has 0 bridgehead atoms. The van der Waals surface area contributed by atoms with E-state index in [0.29, 0.717) is 5.69 Å². The van der Waals surface area contributed by atoms with Crippen molar-refractivity contribution in [2.75, 3.05) is 42.9 Å². The monoisotopic (exact) mass is 497 g/mol. The number of hydrogen-bond acceptors (Lipinski definition) is 4. The van der Waals surface area contributed by atoms with Gasteiger partial charge in [0, 0.05) is 25.3 Å². The molecular weight excluding hydrogens is 463 g/mol. The number of ether oxygens (including phenoxy) is 1. The van der Waals surface area contributed by atoms with E-state index in [4.69, 9.17) is 0 Å². The number of alkyl halides is 3. The van der Waals surface area contributed by atoms with Crippen molar-refractivity contribution in [3.63, 3.8) is 0 Å². The van der Waals surface area contributed by atoms with Gasteiger partial charge >= 0.3 is 6.36 Å². The van der Waals surface area contributed by atoms with E-state index in [-0.39, 0.29) is 11.8 Å². The molecule has 0 aliphatic carbocycles. The number of nitrogens with zero attached hydrogens (tertiary/aromatic N) is 2. The second kappa shape index (κ2) is 12.2. The number of unbranched alkanes of at least 4 members (excludes halogenated alkanes) is 1. The Morgan fingerprint density at radius 1 is 0.861 bits per heavy atom. The maximum atomic E-state index is 13.3. The molecule has 0 radical (unpaired) electrons. The fourth-order valence-electron chi connectivity index (χ4n) is 4.68. The SMILES string of the molecule is CCCCN1CCCN(c2ccc(OC(F)(F)F)c(NC(c3ccccc3)c3ccccc3)c2)CC1. The highest BCUT2D eigenvalue weighted by Crippen LogP contribution is 2.37. The van der Waals surface area contributed by atoms with Crippen LogP contribution in [0.3, 0.4) is 0 Å². The Bertz CT molecular complexity index is 1040.